The molecule has 1 N–H and O–H groups in total. The number of piperazine rings is 1. The fourth-order valence-corrected chi connectivity index (χ4v) is 6.29. The number of amides is 1. The summed E-state index contributed by atoms with van der Waals surface area (Å²) in [5.74, 6) is 3.99. The van der Waals surface area contributed by atoms with Crippen LogP contribution in [0.3, 0.4) is 0 Å². The standard InChI is InChI=1S/C33H33N9O3/c1-21-13-23(4-5-27(21)45-25-7-9-40-10-8-34-29(40)14-25)37-32-31-26(35-20-36-32)15-28-33(38-31)41-11-12-42(24(18-41)19-44-28)30(43)6-3-22-16-39(2)17-22/h3-10,13-15,20,22,24H,11-12,16-19H2,1-2H3,(H,35,36,37)/b6-3+/t24-/m0/s1. The van der Waals surface area contributed by atoms with Gasteiger partial charge in [0.2, 0.25) is 5.91 Å². The number of aromatic nitrogens is 5. The molecule has 5 aromatic rings. The zero-order valence-corrected chi connectivity index (χ0v) is 25.1. The van der Waals surface area contributed by atoms with Crippen LogP contribution in [-0.4, -0.2) is 92.5 Å². The minimum Gasteiger partial charge on any atom is -0.487 e. The van der Waals surface area contributed by atoms with Gasteiger partial charge >= 0.3 is 0 Å². The molecule has 1 aromatic carbocycles. The first kappa shape index (κ1) is 27.3. The third kappa shape index (κ3) is 5.27. The van der Waals surface area contributed by atoms with E-state index in [0.29, 0.717) is 54.8 Å². The van der Waals surface area contributed by atoms with Crippen LogP contribution in [-0.2, 0) is 4.79 Å². The van der Waals surface area contributed by atoms with Crippen LogP contribution in [0.5, 0.6) is 17.2 Å². The lowest BCUT2D eigenvalue weighted by molar-refractivity contribution is -0.129. The molecular weight excluding hydrogens is 570 g/mol. The number of hydrogen-bond acceptors (Lipinski definition) is 10. The number of nitrogens with one attached hydrogen (secondary N) is 1. The van der Waals surface area contributed by atoms with Gasteiger partial charge in [-0.15, -0.1) is 0 Å². The molecule has 45 heavy (non-hydrogen) atoms. The Bertz CT molecular complexity index is 1950. The molecule has 4 aromatic heterocycles. The van der Waals surface area contributed by atoms with Gasteiger partial charge in [0.15, 0.2) is 17.4 Å². The molecule has 1 atom stereocenters. The van der Waals surface area contributed by atoms with E-state index in [9.17, 15) is 4.79 Å². The van der Waals surface area contributed by atoms with Crippen LogP contribution in [0.2, 0.25) is 0 Å². The molecule has 0 spiro atoms. The lowest BCUT2D eigenvalue weighted by atomic mass is 10.0. The van der Waals surface area contributed by atoms with Gasteiger partial charge in [-0.25, -0.2) is 19.9 Å². The molecule has 0 saturated carbocycles. The highest BCUT2D eigenvalue weighted by Crippen LogP contribution is 2.36. The van der Waals surface area contributed by atoms with Gasteiger partial charge in [0.1, 0.15) is 35.6 Å². The first-order valence-corrected chi connectivity index (χ1v) is 15.2. The van der Waals surface area contributed by atoms with Crippen LogP contribution in [0, 0.1) is 12.8 Å². The van der Waals surface area contributed by atoms with Crippen LogP contribution >= 0.6 is 0 Å². The number of nitrogens with zero attached hydrogens (tertiary/aromatic N) is 8. The summed E-state index contributed by atoms with van der Waals surface area (Å²) in [6, 6.07) is 11.6. The number of aryl methyl sites for hydroxylation is 1. The average molecular weight is 604 g/mol. The number of imidazole rings is 1. The van der Waals surface area contributed by atoms with Gasteiger partial charge in [0.05, 0.1) is 11.6 Å². The van der Waals surface area contributed by atoms with Crippen molar-refractivity contribution in [3.8, 4) is 17.2 Å². The summed E-state index contributed by atoms with van der Waals surface area (Å²) in [7, 11) is 2.09. The summed E-state index contributed by atoms with van der Waals surface area (Å²) >= 11 is 0. The number of pyridine rings is 2. The number of likely N-dealkylation sites (tertiary alicyclic amines) is 1. The summed E-state index contributed by atoms with van der Waals surface area (Å²) in [4.78, 5) is 37.8. The molecule has 8 rings (SSSR count). The van der Waals surface area contributed by atoms with Crippen molar-refractivity contribution in [3.63, 3.8) is 0 Å². The van der Waals surface area contributed by atoms with Gasteiger partial charge in [0, 0.05) is 75.1 Å². The summed E-state index contributed by atoms with van der Waals surface area (Å²) in [5.41, 5.74) is 3.97. The molecule has 12 heteroatoms. The van der Waals surface area contributed by atoms with Gasteiger partial charge in [-0.3, -0.25) is 4.79 Å². The molecule has 0 aliphatic carbocycles. The molecule has 2 fully saturated rings. The maximum Gasteiger partial charge on any atom is 0.246 e. The first-order valence-electron chi connectivity index (χ1n) is 15.2. The van der Waals surface area contributed by atoms with E-state index < -0.39 is 0 Å². The lowest BCUT2D eigenvalue weighted by Crippen LogP contribution is -2.56. The Balaban J connectivity index is 1.00. The Hall–Kier alpha value is -5.23. The van der Waals surface area contributed by atoms with E-state index in [1.807, 2.05) is 71.1 Å². The molecule has 3 aliphatic heterocycles. The van der Waals surface area contributed by atoms with Crippen molar-refractivity contribution in [2.24, 2.45) is 5.92 Å². The fraction of sp³-hybridized carbons (Fsp3) is 0.303. The van der Waals surface area contributed by atoms with E-state index in [1.54, 1.807) is 12.3 Å². The second-order valence-electron chi connectivity index (χ2n) is 11.9. The van der Waals surface area contributed by atoms with Crippen LogP contribution in [0.25, 0.3) is 16.7 Å². The monoisotopic (exact) mass is 603 g/mol. The number of carbonyl (C=O) groups excluding carboxylic acids is 1. The number of ether oxygens (including phenoxy) is 2. The molecule has 3 aliphatic rings. The predicted octanol–water partition coefficient (Wildman–Crippen LogP) is 4.04. The van der Waals surface area contributed by atoms with Crippen molar-refractivity contribution in [1.29, 1.82) is 0 Å². The third-order valence-corrected chi connectivity index (χ3v) is 8.69. The van der Waals surface area contributed by atoms with Crippen molar-refractivity contribution in [2.75, 3.05) is 56.6 Å². The van der Waals surface area contributed by atoms with E-state index in [2.05, 4.69) is 37.1 Å². The molecule has 0 radical (unpaired) electrons. The van der Waals surface area contributed by atoms with Crippen molar-refractivity contribution in [2.45, 2.75) is 13.0 Å². The van der Waals surface area contributed by atoms with Crippen LogP contribution in [0.1, 0.15) is 5.56 Å². The maximum absolute atomic E-state index is 13.1. The predicted molar refractivity (Wildman–Crippen MR) is 170 cm³/mol. The zero-order valence-electron chi connectivity index (χ0n) is 25.1. The van der Waals surface area contributed by atoms with Crippen LogP contribution in [0.15, 0.2) is 73.5 Å². The van der Waals surface area contributed by atoms with E-state index >= 15 is 0 Å². The molecule has 12 nitrogen and oxygen atoms in total. The SMILES string of the molecule is Cc1cc(Nc2ncnc3cc4c(nc23)N2CCN(C(=O)/C=C/C3CN(C)C3)[C@H](CO4)C2)ccc1Oc1ccn2ccnc2c1. The number of hydrogen-bond donors (Lipinski definition) is 1. The molecule has 0 unspecified atom stereocenters. The van der Waals surface area contributed by atoms with E-state index in [-0.39, 0.29) is 11.9 Å². The van der Waals surface area contributed by atoms with E-state index in [4.69, 9.17) is 14.5 Å². The van der Waals surface area contributed by atoms with Gasteiger partial charge in [-0.1, -0.05) is 6.08 Å². The van der Waals surface area contributed by atoms with Gasteiger partial charge < -0.3 is 33.9 Å². The number of fused-ring (bicyclic) bond motifs is 6. The Morgan fingerprint density at radius 2 is 1.98 bits per heavy atom. The number of benzene rings is 1. The molecule has 7 heterocycles. The summed E-state index contributed by atoms with van der Waals surface area (Å²) in [6.07, 6.45) is 10.9. The van der Waals surface area contributed by atoms with Gasteiger partial charge in [-0.2, -0.15) is 0 Å². The van der Waals surface area contributed by atoms with Crippen LogP contribution in [0.4, 0.5) is 17.3 Å². The smallest absolute Gasteiger partial charge is 0.246 e. The van der Waals surface area contributed by atoms with Crippen molar-refractivity contribution >= 4 is 39.9 Å². The molecule has 228 valence electrons. The summed E-state index contributed by atoms with van der Waals surface area (Å²) in [6.45, 7) is 6.35. The highest BCUT2D eigenvalue weighted by molar-refractivity contribution is 5.90. The first-order chi connectivity index (χ1) is 22.0. The Labute approximate surface area is 259 Å². The summed E-state index contributed by atoms with van der Waals surface area (Å²) in [5, 5.41) is 3.43. The normalized spacial score (nSPS) is 18.5. The average Bonchev–Trinajstić information content (AvgIpc) is 3.45. The third-order valence-electron chi connectivity index (χ3n) is 8.69. The van der Waals surface area contributed by atoms with Crippen LogP contribution < -0.4 is 19.7 Å². The second-order valence-corrected chi connectivity index (χ2v) is 11.9. The topological polar surface area (TPSA) is 113 Å². The highest BCUT2D eigenvalue weighted by atomic mass is 16.5. The Kier molecular flexibility index (Phi) is 6.71. The zero-order chi connectivity index (χ0) is 30.5. The quantitative estimate of drug-likeness (QED) is 0.285. The number of carbonyl (C=O) groups is 1. The number of anilines is 3. The number of rotatable bonds is 6. The van der Waals surface area contributed by atoms with Gasteiger partial charge in [0.25, 0.3) is 0 Å². The minimum atomic E-state index is -0.0636. The minimum absolute atomic E-state index is 0.0463. The highest BCUT2D eigenvalue weighted by Gasteiger charge is 2.35. The van der Waals surface area contributed by atoms with Gasteiger partial charge in [-0.05, 0) is 49.9 Å². The second kappa shape index (κ2) is 11.0. The van der Waals surface area contributed by atoms with E-state index in [0.717, 1.165) is 47.3 Å². The Morgan fingerprint density at radius 1 is 1.07 bits per heavy atom. The van der Waals surface area contributed by atoms with Crippen molar-refractivity contribution in [3.05, 3.63) is 79.0 Å². The van der Waals surface area contributed by atoms with Crippen molar-refractivity contribution < 1.29 is 14.3 Å². The Morgan fingerprint density at radius 3 is 2.84 bits per heavy atom. The fourth-order valence-electron chi connectivity index (χ4n) is 6.29. The lowest BCUT2D eigenvalue weighted by Gasteiger charge is -2.39. The van der Waals surface area contributed by atoms with Crippen molar-refractivity contribution in [1.82, 2.24) is 34.1 Å². The molecule has 2 saturated heterocycles. The molecular formula is C33H33N9O3. The van der Waals surface area contributed by atoms with E-state index in [1.165, 1.54) is 6.33 Å². The maximum atomic E-state index is 13.1. The largest absolute Gasteiger partial charge is 0.487 e. The summed E-state index contributed by atoms with van der Waals surface area (Å²) < 4.78 is 14.3. The molecule has 1 amide bonds. The molecule has 2 bridgehead atoms.